The number of carbonyl (C=O) groups is 2. The summed E-state index contributed by atoms with van der Waals surface area (Å²) in [7, 11) is 0. The first kappa shape index (κ1) is 17.2. The van der Waals surface area contributed by atoms with E-state index in [2.05, 4.69) is 4.98 Å². The van der Waals surface area contributed by atoms with E-state index >= 15 is 0 Å². The Bertz CT molecular complexity index is 877. The molecule has 1 atom stereocenters. The fourth-order valence-corrected chi connectivity index (χ4v) is 3.20. The zero-order valence-electron chi connectivity index (χ0n) is 13.9. The molecular weight excluding hydrogens is 340 g/mol. The van der Waals surface area contributed by atoms with Crippen molar-refractivity contribution >= 4 is 29.0 Å². The van der Waals surface area contributed by atoms with Gasteiger partial charge in [0.2, 0.25) is 0 Å². The van der Waals surface area contributed by atoms with E-state index in [0.717, 1.165) is 5.56 Å². The van der Waals surface area contributed by atoms with Gasteiger partial charge in [-0.3, -0.25) is 19.5 Å². The molecule has 1 unspecified atom stereocenters. The van der Waals surface area contributed by atoms with Gasteiger partial charge in [-0.05, 0) is 42.3 Å². The van der Waals surface area contributed by atoms with Crippen LogP contribution < -0.4 is 4.90 Å². The summed E-state index contributed by atoms with van der Waals surface area (Å²) in [6.07, 6.45) is 3.37. The lowest BCUT2D eigenvalue weighted by atomic mass is 9.95. The van der Waals surface area contributed by atoms with Crippen molar-refractivity contribution in [3.63, 3.8) is 0 Å². The minimum atomic E-state index is -0.708. The van der Waals surface area contributed by atoms with Gasteiger partial charge >= 0.3 is 0 Å². The van der Waals surface area contributed by atoms with Crippen LogP contribution in [-0.2, 0) is 9.59 Å². The lowest BCUT2D eigenvalue weighted by Gasteiger charge is -2.28. The second kappa shape index (κ2) is 6.69. The van der Waals surface area contributed by atoms with Crippen LogP contribution in [0.3, 0.4) is 0 Å². The Morgan fingerprint density at radius 2 is 1.96 bits per heavy atom. The summed E-state index contributed by atoms with van der Waals surface area (Å²) < 4.78 is 0. The molecule has 1 aliphatic rings. The van der Waals surface area contributed by atoms with Crippen molar-refractivity contribution < 1.29 is 14.7 Å². The third kappa shape index (κ3) is 2.91. The normalized spacial score (nSPS) is 17.3. The van der Waals surface area contributed by atoms with Crippen molar-refractivity contribution in [2.75, 3.05) is 4.90 Å². The number of rotatable bonds is 4. The number of aryl methyl sites for hydroxylation is 1. The molecule has 0 saturated carbocycles. The van der Waals surface area contributed by atoms with Gasteiger partial charge in [0.05, 0.1) is 11.6 Å². The molecule has 1 aromatic carbocycles. The topological polar surface area (TPSA) is 70.5 Å². The van der Waals surface area contributed by atoms with Crippen LogP contribution in [0.4, 0.5) is 5.69 Å². The molecule has 0 bridgehead atoms. The lowest BCUT2D eigenvalue weighted by Crippen LogP contribution is -2.31. The van der Waals surface area contributed by atoms with Crippen LogP contribution in [-0.4, -0.2) is 21.8 Å². The molecule has 128 valence electrons. The number of benzene rings is 1. The third-order valence-electron chi connectivity index (χ3n) is 4.28. The average molecular weight is 357 g/mol. The van der Waals surface area contributed by atoms with E-state index in [0.29, 0.717) is 16.3 Å². The summed E-state index contributed by atoms with van der Waals surface area (Å²) in [4.78, 5) is 30.6. The highest BCUT2D eigenvalue weighted by molar-refractivity contribution is 6.31. The largest absolute Gasteiger partial charge is 0.503 e. The summed E-state index contributed by atoms with van der Waals surface area (Å²) in [6, 6.07) is 7.94. The van der Waals surface area contributed by atoms with Gasteiger partial charge in [0.25, 0.3) is 5.91 Å². The van der Waals surface area contributed by atoms with E-state index < -0.39 is 17.7 Å². The Balaban J connectivity index is 2.22. The minimum absolute atomic E-state index is 0.109. The Labute approximate surface area is 150 Å². The Hall–Kier alpha value is -2.66. The molecule has 2 aromatic rings. The van der Waals surface area contributed by atoms with E-state index in [1.54, 1.807) is 49.6 Å². The number of Topliss-reactive ketones (excluding diaryl/α,β-unsaturated/α-hetero) is 1. The van der Waals surface area contributed by atoms with Crippen LogP contribution in [0, 0.1) is 6.92 Å². The second-order valence-electron chi connectivity index (χ2n) is 5.83. The number of nitrogens with zero attached hydrogens (tertiary/aromatic N) is 2. The van der Waals surface area contributed by atoms with Crippen LogP contribution in [0.25, 0.3) is 0 Å². The summed E-state index contributed by atoms with van der Waals surface area (Å²) in [5, 5.41) is 10.9. The van der Waals surface area contributed by atoms with Crippen molar-refractivity contribution in [1.82, 2.24) is 4.98 Å². The standard InChI is InChI=1S/C19H17ClN2O3/c1-3-15(23)16-17(12-6-8-21-9-7-12)22(19(25)18(16)24)14-10-13(20)5-4-11(14)2/h4-10,17,24H,3H2,1-2H3. The number of aromatic nitrogens is 1. The van der Waals surface area contributed by atoms with Crippen molar-refractivity contribution in [2.45, 2.75) is 26.3 Å². The van der Waals surface area contributed by atoms with Crippen LogP contribution in [0.2, 0.25) is 5.02 Å². The molecule has 1 aliphatic heterocycles. The highest BCUT2D eigenvalue weighted by Gasteiger charge is 2.44. The number of aliphatic hydroxyl groups is 1. The number of amides is 1. The number of pyridine rings is 1. The highest BCUT2D eigenvalue weighted by Crippen LogP contribution is 2.42. The quantitative estimate of drug-likeness (QED) is 0.901. The Morgan fingerprint density at radius 1 is 1.28 bits per heavy atom. The molecule has 0 aliphatic carbocycles. The van der Waals surface area contributed by atoms with E-state index in [1.807, 2.05) is 6.92 Å². The molecule has 3 rings (SSSR count). The zero-order chi connectivity index (χ0) is 18.1. The molecule has 0 saturated heterocycles. The van der Waals surface area contributed by atoms with Gasteiger partial charge in [0.15, 0.2) is 11.5 Å². The van der Waals surface area contributed by atoms with Crippen molar-refractivity contribution in [3.05, 3.63) is 70.2 Å². The number of aliphatic hydroxyl groups excluding tert-OH is 1. The fourth-order valence-electron chi connectivity index (χ4n) is 3.03. The number of carbonyl (C=O) groups excluding carboxylic acids is 2. The second-order valence-corrected chi connectivity index (χ2v) is 6.26. The van der Waals surface area contributed by atoms with Crippen LogP contribution in [0.5, 0.6) is 0 Å². The SMILES string of the molecule is CCC(=O)C1=C(O)C(=O)N(c2cc(Cl)ccc2C)C1c1ccncc1. The number of hydrogen-bond acceptors (Lipinski definition) is 4. The summed E-state index contributed by atoms with van der Waals surface area (Å²) in [5.74, 6) is -1.38. The lowest BCUT2D eigenvalue weighted by molar-refractivity contribution is -0.118. The molecule has 1 aromatic heterocycles. The molecule has 1 N–H and O–H groups in total. The molecule has 2 heterocycles. The van der Waals surface area contributed by atoms with Gasteiger partial charge in [-0.15, -0.1) is 0 Å². The predicted molar refractivity (Wildman–Crippen MR) is 95.6 cm³/mol. The molecule has 6 heteroatoms. The van der Waals surface area contributed by atoms with Gasteiger partial charge < -0.3 is 5.11 Å². The Kier molecular flexibility index (Phi) is 4.59. The van der Waals surface area contributed by atoms with Crippen molar-refractivity contribution in [2.24, 2.45) is 0 Å². The van der Waals surface area contributed by atoms with Crippen LogP contribution in [0.1, 0.15) is 30.5 Å². The monoisotopic (exact) mass is 356 g/mol. The van der Waals surface area contributed by atoms with Crippen LogP contribution >= 0.6 is 11.6 Å². The number of anilines is 1. The highest BCUT2D eigenvalue weighted by atomic mass is 35.5. The number of hydrogen-bond donors (Lipinski definition) is 1. The Morgan fingerprint density at radius 3 is 2.60 bits per heavy atom. The maximum atomic E-state index is 12.8. The molecule has 25 heavy (non-hydrogen) atoms. The maximum Gasteiger partial charge on any atom is 0.294 e. The zero-order valence-corrected chi connectivity index (χ0v) is 14.6. The van der Waals surface area contributed by atoms with Crippen LogP contribution in [0.15, 0.2) is 54.1 Å². The summed E-state index contributed by atoms with van der Waals surface area (Å²) in [6.45, 7) is 3.54. The number of ketones is 1. The van der Waals surface area contributed by atoms with E-state index in [4.69, 9.17) is 11.6 Å². The van der Waals surface area contributed by atoms with Gasteiger partial charge in [-0.2, -0.15) is 0 Å². The number of halogens is 1. The molecule has 5 nitrogen and oxygen atoms in total. The first-order valence-electron chi connectivity index (χ1n) is 7.91. The smallest absolute Gasteiger partial charge is 0.294 e. The molecule has 0 fully saturated rings. The predicted octanol–water partition coefficient (Wildman–Crippen LogP) is 3.92. The van der Waals surface area contributed by atoms with Gasteiger partial charge in [-0.1, -0.05) is 24.6 Å². The van der Waals surface area contributed by atoms with E-state index in [9.17, 15) is 14.7 Å². The van der Waals surface area contributed by atoms with Crippen molar-refractivity contribution in [3.8, 4) is 0 Å². The van der Waals surface area contributed by atoms with E-state index in [1.165, 1.54) is 4.90 Å². The third-order valence-corrected chi connectivity index (χ3v) is 4.52. The molecule has 1 amide bonds. The first-order valence-corrected chi connectivity index (χ1v) is 8.29. The minimum Gasteiger partial charge on any atom is -0.503 e. The average Bonchev–Trinajstić information content (AvgIpc) is 2.88. The van der Waals surface area contributed by atoms with Gasteiger partial charge in [0, 0.05) is 29.5 Å². The fraction of sp³-hybridized carbons (Fsp3) is 0.211. The van der Waals surface area contributed by atoms with Crippen molar-refractivity contribution in [1.29, 1.82) is 0 Å². The maximum absolute atomic E-state index is 12.8. The summed E-state index contributed by atoms with van der Waals surface area (Å²) in [5.41, 5.74) is 2.18. The molecular formula is C19H17ClN2O3. The van der Waals surface area contributed by atoms with Gasteiger partial charge in [-0.25, -0.2) is 0 Å². The molecule has 0 radical (unpaired) electrons. The van der Waals surface area contributed by atoms with E-state index in [-0.39, 0.29) is 17.8 Å². The van der Waals surface area contributed by atoms with Gasteiger partial charge in [0.1, 0.15) is 0 Å². The summed E-state index contributed by atoms with van der Waals surface area (Å²) >= 11 is 6.11. The first-order chi connectivity index (χ1) is 12.0. The molecule has 0 spiro atoms.